The van der Waals surface area contributed by atoms with Gasteiger partial charge in [0.2, 0.25) is 15.9 Å². The first-order valence-corrected chi connectivity index (χ1v) is 11.4. The Kier molecular flexibility index (Phi) is 5.68. The number of nitrogens with zero attached hydrogens (tertiary/aromatic N) is 2. The minimum absolute atomic E-state index is 0.000834. The van der Waals surface area contributed by atoms with Crippen LogP contribution in [-0.4, -0.2) is 36.2 Å². The topological polar surface area (TPSA) is 79.4 Å². The van der Waals surface area contributed by atoms with E-state index in [9.17, 15) is 26.4 Å². The minimum atomic E-state index is -4.56. The number of aromatic nitrogens is 1. The number of fused-ring (bicyclic) bond motifs is 1. The first-order chi connectivity index (χ1) is 15.1. The Morgan fingerprint density at radius 2 is 1.91 bits per heavy atom. The number of hydrogen-bond acceptors (Lipinski definition) is 4. The van der Waals surface area contributed by atoms with Gasteiger partial charge in [0.15, 0.2) is 0 Å². The molecule has 10 heteroatoms. The number of anilines is 1. The van der Waals surface area contributed by atoms with Crippen molar-refractivity contribution >= 4 is 32.5 Å². The summed E-state index contributed by atoms with van der Waals surface area (Å²) in [6, 6.07) is 10.3. The molecule has 1 atom stereocenters. The Morgan fingerprint density at radius 3 is 2.66 bits per heavy atom. The smallest absolute Gasteiger partial charge is 0.324 e. The van der Waals surface area contributed by atoms with Crippen molar-refractivity contribution in [2.24, 2.45) is 0 Å². The van der Waals surface area contributed by atoms with Crippen molar-refractivity contribution in [1.29, 1.82) is 0 Å². The number of sulfonamides is 1. The number of carbonyl (C=O) groups is 1. The molecular weight excluding hydrogens is 443 g/mol. The molecule has 0 radical (unpaired) electrons. The van der Waals surface area contributed by atoms with E-state index in [1.54, 1.807) is 31.2 Å². The van der Waals surface area contributed by atoms with Gasteiger partial charge in [-0.15, -0.1) is 0 Å². The van der Waals surface area contributed by atoms with Crippen molar-refractivity contribution in [3.8, 4) is 0 Å². The number of para-hydroxylation sites is 1. The molecule has 1 aromatic heterocycles. The van der Waals surface area contributed by atoms with Gasteiger partial charge in [0.05, 0.1) is 11.1 Å². The molecule has 6 nitrogen and oxygen atoms in total. The average molecular weight is 463 g/mol. The standard InChI is InChI=1S/C22H20F3N3O3S/c1-14-9-10-16(22(23,24)25)13-17(14)27-21(29)18-7-4-12-28(18)32(30,31)19-8-2-5-15-6-3-11-26-20(15)19/h2-3,5-6,8-11,13,18H,4,7,12H2,1H3,(H,27,29)/t18-/m0/s1. The van der Waals surface area contributed by atoms with Crippen molar-refractivity contribution in [1.82, 2.24) is 9.29 Å². The quantitative estimate of drug-likeness (QED) is 0.624. The van der Waals surface area contributed by atoms with Gasteiger partial charge in [-0.2, -0.15) is 17.5 Å². The summed E-state index contributed by atoms with van der Waals surface area (Å²) < 4.78 is 67.2. The molecule has 1 aliphatic rings. The van der Waals surface area contributed by atoms with E-state index in [4.69, 9.17) is 0 Å². The van der Waals surface area contributed by atoms with Crippen molar-refractivity contribution in [2.75, 3.05) is 11.9 Å². The summed E-state index contributed by atoms with van der Waals surface area (Å²) in [6.45, 7) is 1.70. The third-order valence-corrected chi connectivity index (χ3v) is 7.45. The molecule has 1 saturated heterocycles. The van der Waals surface area contributed by atoms with Crippen molar-refractivity contribution in [2.45, 2.75) is 36.9 Å². The van der Waals surface area contributed by atoms with Gasteiger partial charge in [-0.05, 0) is 49.6 Å². The van der Waals surface area contributed by atoms with E-state index in [0.717, 1.165) is 16.4 Å². The highest BCUT2D eigenvalue weighted by Crippen LogP contribution is 2.33. The zero-order valence-corrected chi connectivity index (χ0v) is 17.9. The summed E-state index contributed by atoms with van der Waals surface area (Å²) in [5.41, 5.74) is -0.149. The highest BCUT2D eigenvalue weighted by molar-refractivity contribution is 7.89. The van der Waals surface area contributed by atoms with Crippen LogP contribution in [0.15, 0.2) is 59.6 Å². The summed E-state index contributed by atoms with van der Waals surface area (Å²) in [5, 5.41) is 3.14. The molecule has 0 saturated carbocycles. The number of benzene rings is 2. The third-order valence-electron chi connectivity index (χ3n) is 5.51. The molecule has 32 heavy (non-hydrogen) atoms. The molecule has 4 rings (SSSR count). The number of carbonyl (C=O) groups excluding carboxylic acids is 1. The second-order valence-electron chi connectivity index (χ2n) is 7.62. The number of hydrogen-bond donors (Lipinski definition) is 1. The van der Waals surface area contributed by atoms with Gasteiger partial charge in [-0.3, -0.25) is 9.78 Å². The van der Waals surface area contributed by atoms with Gasteiger partial charge >= 0.3 is 6.18 Å². The third kappa shape index (κ3) is 4.07. The maximum absolute atomic E-state index is 13.4. The van der Waals surface area contributed by atoms with Gasteiger partial charge in [-0.1, -0.05) is 24.3 Å². The Bertz CT molecular complexity index is 1290. The molecule has 0 spiro atoms. The minimum Gasteiger partial charge on any atom is -0.324 e. The zero-order valence-electron chi connectivity index (χ0n) is 17.1. The molecular formula is C22H20F3N3O3S. The maximum Gasteiger partial charge on any atom is 0.416 e. The lowest BCUT2D eigenvalue weighted by atomic mass is 10.1. The van der Waals surface area contributed by atoms with Gasteiger partial charge in [-0.25, -0.2) is 8.42 Å². The highest BCUT2D eigenvalue weighted by Gasteiger charge is 2.40. The molecule has 0 unspecified atom stereocenters. The van der Waals surface area contributed by atoms with Crippen LogP contribution in [-0.2, 0) is 21.0 Å². The summed E-state index contributed by atoms with van der Waals surface area (Å²) in [7, 11) is -4.06. The second kappa shape index (κ2) is 8.18. The molecule has 1 fully saturated rings. The molecule has 3 aromatic rings. The number of pyridine rings is 1. The fraction of sp³-hybridized carbons (Fsp3) is 0.273. The Balaban J connectivity index is 1.65. The van der Waals surface area contributed by atoms with Crippen molar-refractivity contribution in [3.63, 3.8) is 0 Å². The van der Waals surface area contributed by atoms with Gasteiger partial charge in [0, 0.05) is 23.8 Å². The Morgan fingerprint density at radius 1 is 1.16 bits per heavy atom. The molecule has 1 amide bonds. The van der Waals surface area contributed by atoms with Crippen LogP contribution in [0.25, 0.3) is 10.9 Å². The normalized spacial score (nSPS) is 17.6. The van der Waals surface area contributed by atoms with Gasteiger partial charge in [0.25, 0.3) is 0 Å². The molecule has 1 N–H and O–H groups in total. The van der Waals surface area contributed by atoms with Crippen LogP contribution >= 0.6 is 0 Å². The first kappa shape index (κ1) is 22.2. The number of aryl methyl sites for hydroxylation is 1. The monoisotopic (exact) mass is 463 g/mol. The predicted molar refractivity (Wildman–Crippen MR) is 113 cm³/mol. The maximum atomic E-state index is 13.4. The molecule has 2 heterocycles. The van der Waals surface area contributed by atoms with Crippen LogP contribution in [0.4, 0.5) is 18.9 Å². The fourth-order valence-electron chi connectivity index (χ4n) is 3.85. The van der Waals surface area contributed by atoms with E-state index in [2.05, 4.69) is 10.3 Å². The van der Waals surface area contributed by atoms with E-state index in [-0.39, 0.29) is 23.5 Å². The van der Waals surface area contributed by atoms with E-state index >= 15 is 0 Å². The Hall–Kier alpha value is -2.98. The van der Waals surface area contributed by atoms with Crippen LogP contribution in [0, 0.1) is 6.92 Å². The van der Waals surface area contributed by atoms with E-state index in [1.165, 1.54) is 18.3 Å². The van der Waals surface area contributed by atoms with E-state index in [0.29, 0.717) is 22.9 Å². The lowest BCUT2D eigenvalue weighted by Crippen LogP contribution is -2.43. The van der Waals surface area contributed by atoms with Crippen molar-refractivity contribution in [3.05, 3.63) is 65.9 Å². The van der Waals surface area contributed by atoms with Gasteiger partial charge < -0.3 is 5.32 Å². The summed E-state index contributed by atoms with van der Waals surface area (Å²) in [4.78, 5) is 17.1. The van der Waals surface area contributed by atoms with Crippen LogP contribution in [0.5, 0.6) is 0 Å². The number of nitrogens with one attached hydrogen (secondary N) is 1. The second-order valence-corrected chi connectivity index (χ2v) is 9.48. The summed E-state index contributed by atoms with van der Waals surface area (Å²) in [5.74, 6) is -0.665. The highest BCUT2D eigenvalue weighted by atomic mass is 32.2. The van der Waals surface area contributed by atoms with Crippen LogP contribution in [0.2, 0.25) is 0 Å². The van der Waals surface area contributed by atoms with E-state index < -0.39 is 33.7 Å². The zero-order chi connectivity index (χ0) is 23.1. The molecule has 0 bridgehead atoms. The number of amides is 1. The molecule has 168 valence electrons. The summed E-state index contributed by atoms with van der Waals surface area (Å²) in [6.07, 6.45) is -2.35. The fourth-order valence-corrected chi connectivity index (χ4v) is 5.67. The lowest BCUT2D eigenvalue weighted by Gasteiger charge is -2.24. The van der Waals surface area contributed by atoms with E-state index in [1.807, 2.05) is 0 Å². The van der Waals surface area contributed by atoms with Crippen LogP contribution in [0.1, 0.15) is 24.0 Å². The number of alkyl halides is 3. The number of halogens is 3. The lowest BCUT2D eigenvalue weighted by molar-refractivity contribution is -0.137. The SMILES string of the molecule is Cc1ccc(C(F)(F)F)cc1NC(=O)[C@@H]1CCCN1S(=O)(=O)c1cccc2cccnc12. The molecule has 2 aromatic carbocycles. The predicted octanol–water partition coefficient (Wildman–Crippen LogP) is 4.35. The Labute approximate surface area is 183 Å². The van der Waals surface area contributed by atoms with Gasteiger partial charge in [0.1, 0.15) is 10.9 Å². The van der Waals surface area contributed by atoms with Crippen LogP contribution < -0.4 is 5.32 Å². The number of rotatable bonds is 4. The largest absolute Gasteiger partial charge is 0.416 e. The summed E-state index contributed by atoms with van der Waals surface area (Å²) >= 11 is 0. The first-order valence-electron chi connectivity index (χ1n) is 9.93. The molecule has 0 aliphatic carbocycles. The van der Waals surface area contributed by atoms with Crippen LogP contribution in [0.3, 0.4) is 0 Å². The van der Waals surface area contributed by atoms with Crippen molar-refractivity contribution < 1.29 is 26.4 Å². The average Bonchev–Trinajstić information content (AvgIpc) is 3.25. The molecule has 1 aliphatic heterocycles.